The molecule has 6 rings (SSSR count). The van der Waals surface area contributed by atoms with E-state index in [9.17, 15) is 9.59 Å². The Bertz CT molecular complexity index is 1670. The quantitative estimate of drug-likeness (QED) is 0.214. The van der Waals surface area contributed by atoms with Crippen molar-refractivity contribution in [2.24, 2.45) is 0 Å². The molecule has 48 heavy (non-hydrogen) atoms. The number of aromatic amines is 1. The molecule has 1 unspecified atom stereocenters. The van der Waals surface area contributed by atoms with Crippen LogP contribution in [0, 0.1) is 0 Å². The van der Waals surface area contributed by atoms with E-state index in [4.69, 9.17) is 16.6 Å². The first-order chi connectivity index (χ1) is 23.1. The fraction of sp³-hybridized carbons (Fsp3) is 0.405. The number of hydrogen-bond acceptors (Lipinski definition) is 5. The number of nitrogens with zero attached hydrogens (tertiary/aromatic N) is 5. The number of aryl methyl sites for hydroxylation is 3. The number of pyridine rings is 1. The van der Waals surface area contributed by atoms with Crippen LogP contribution in [0.5, 0.6) is 0 Å². The molecule has 1 fully saturated rings. The van der Waals surface area contributed by atoms with Gasteiger partial charge >= 0.3 is 6.03 Å². The summed E-state index contributed by atoms with van der Waals surface area (Å²) in [5, 5.41) is 3.83. The number of aromatic nitrogens is 3. The van der Waals surface area contributed by atoms with E-state index in [1.54, 1.807) is 11.2 Å². The Kier molecular flexibility index (Phi) is 10.5. The van der Waals surface area contributed by atoms with Gasteiger partial charge in [-0.1, -0.05) is 48.0 Å². The Morgan fingerprint density at radius 3 is 2.60 bits per heavy atom. The summed E-state index contributed by atoms with van der Waals surface area (Å²) < 4.78 is 0.937. The van der Waals surface area contributed by atoms with Gasteiger partial charge in [-0.05, 0) is 103 Å². The molecule has 2 N–H and O–H groups in total. The van der Waals surface area contributed by atoms with Gasteiger partial charge in [-0.15, -0.1) is 0 Å². The molecule has 2 aromatic carbocycles. The van der Waals surface area contributed by atoms with Crippen LogP contribution in [-0.2, 0) is 30.6 Å². The number of nitrogens with one attached hydrogen (secondary N) is 2. The molecule has 2 aliphatic rings. The lowest BCUT2D eigenvalue weighted by atomic mass is 9.95. The molecule has 0 bridgehead atoms. The number of carbonyl (C=O) groups excluding carboxylic acids is 2. The summed E-state index contributed by atoms with van der Waals surface area (Å²) in [7, 11) is 0. The van der Waals surface area contributed by atoms with E-state index in [-0.39, 0.29) is 18.0 Å². The SMILES string of the molecule is CC(C)(C)NC(=O)N1CCN(C2c3ccc(Cl)cc3CCc3cc(Br)cnc32)C[C@@H]1C(=O)N(CCCc1cnc[nH]1)Cc1ccccc1. The van der Waals surface area contributed by atoms with Gasteiger partial charge in [0.15, 0.2) is 0 Å². The molecule has 0 radical (unpaired) electrons. The highest BCUT2D eigenvalue weighted by Gasteiger charge is 2.42. The number of urea groups is 1. The number of halogens is 2. The fourth-order valence-electron chi connectivity index (χ4n) is 6.83. The molecule has 3 heterocycles. The van der Waals surface area contributed by atoms with Crippen LogP contribution in [0.3, 0.4) is 0 Å². The zero-order valence-corrected chi connectivity index (χ0v) is 30.1. The first kappa shape index (κ1) is 34.1. The summed E-state index contributed by atoms with van der Waals surface area (Å²) in [6.45, 7) is 8.24. The summed E-state index contributed by atoms with van der Waals surface area (Å²) in [4.78, 5) is 47.0. The molecule has 1 saturated heterocycles. The van der Waals surface area contributed by atoms with Gasteiger partial charge in [0, 0.05) is 65.8 Å². The van der Waals surface area contributed by atoms with Crippen LogP contribution < -0.4 is 5.32 Å². The van der Waals surface area contributed by atoms with Crippen molar-refractivity contribution in [3.63, 3.8) is 0 Å². The molecule has 9 nitrogen and oxygen atoms in total. The third kappa shape index (κ3) is 8.10. The summed E-state index contributed by atoms with van der Waals surface area (Å²) >= 11 is 10.1. The Balaban J connectivity index is 1.36. The lowest BCUT2D eigenvalue weighted by molar-refractivity contribution is -0.139. The van der Waals surface area contributed by atoms with E-state index in [1.807, 2.05) is 74.5 Å². The largest absolute Gasteiger partial charge is 0.348 e. The molecule has 252 valence electrons. The van der Waals surface area contributed by atoms with E-state index in [0.29, 0.717) is 37.7 Å². The maximum atomic E-state index is 14.9. The van der Waals surface area contributed by atoms with Gasteiger partial charge < -0.3 is 20.1 Å². The average Bonchev–Trinajstić information content (AvgIpc) is 3.52. The molecule has 2 aromatic heterocycles. The van der Waals surface area contributed by atoms with Crippen LogP contribution in [0.15, 0.2) is 77.8 Å². The van der Waals surface area contributed by atoms with Crippen molar-refractivity contribution in [1.29, 1.82) is 0 Å². The maximum Gasteiger partial charge on any atom is 0.318 e. The number of benzene rings is 2. The average molecular weight is 733 g/mol. The monoisotopic (exact) mass is 731 g/mol. The highest BCUT2D eigenvalue weighted by Crippen LogP contribution is 2.38. The van der Waals surface area contributed by atoms with Crippen LogP contribution in [0.25, 0.3) is 0 Å². The predicted octanol–water partition coefficient (Wildman–Crippen LogP) is 6.56. The number of H-pyrrole nitrogens is 1. The first-order valence-electron chi connectivity index (χ1n) is 16.6. The van der Waals surface area contributed by atoms with Crippen LogP contribution >= 0.6 is 27.5 Å². The summed E-state index contributed by atoms with van der Waals surface area (Å²) in [6, 6.07) is 17.2. The van der Waals surface area contributed by atoms with E-state index >= 15 is 0 Å². The van der Waals surface area contributed by atoms with Crippen LogP contribution in [0.4, 0.5) is 4.79 Å². The van der Waals surface area contributed by atoms with E-state index in [1.165, 1.54) is 11.1 Å². The summed E-state index contributed by atoms with van der Waals surface area (Å²) in [6.07, 6.45) is 8.55. The van der Waals surface area contributed by atoms with Crippen molar-refractivity contribution >= 4 is 39.5 Å². The molecule has 4 aromatic rings. The standard InChI is InChI=1S/C37H43BrClN7O2/c1-37(2,3)43-36(48)46-17-16-44(34-31-14-13-29(39)19-26(31)11-12-27-18-28(38)20-41-33(27)34)23-32(46)35(47)45(22-25-8-5-4-6-9-25)15-7-10-30-21-40-24-42-30/h4-6,8-9,13-14,18-21,24,32,34H,7,10-12,15-17,22-23H2,1-3H3,(H,40,42)(H,43,48)/t32-,34?/m1/s1. The fourth-order valence-corrected chi connectivity index (χ4v) is 7.40. The van der Waals surface area contributed by atoms with Crippen molar-refractivity contribution in [2.45, 2.75) is 70.6 Å². The number of rotatable bonds is 8. The third-order valence-corrected chi connectivity index (χ3v) is 9.72. The van der Waals surface area contributed by atoms with Crippen molar-refractivity contribution in [3.8, 4) is 0 Å². The molecular weight excluding hydrogens is 690 g/mol. The highest BCUT2D eigenvalue weighted by atomic mass is 79.9. The smallest absolute Gasteiger partial charge is 0.318 e. The van der Waals surface area contributed by atoms with E-state index in [0.717, 1.165) is 52.7 Å². The Morgan fingerprint density at radius 2 is 1.85 bits per heavy atom. The van der Waals surface area contributed by atoms with Crippen molar-refractivity contribution < 1.29 is 9.59 Å². The summed E-state index contributed by atoms with van der Waals surface area (Å²) in [5.41, 5.74) is 6.10. The molecule has 1 aliphatic carbocycles. The number of imidazole rings is 1. The normalized spacial score (nSPS) is 18.1. The topological polar surface area (TPSA) is 97.5 Å². The minimum atomic E-state index is -0.699. The Labute approximate surface area is 296 Å². The molecule has 0 spiro atoms. The minimum absolute atomic E-state index is 0.0637. The van der Waals surface area contributed by atoms with Gasteiger partial charge in [0.25, 0.3) is 0 Å². The zero-order chi connectivity index (χ0) is 33.8. The third-order valence-electron chi connectivity index (χ3n) is 9.05. The molecule has 3 amide bonds. The van der Waals surface area contributed by atoms with E-state index < -0.39 is 11.6 Å². The molecule has 0 saturated carbocycles. The molecule has 2 atom stereocenters. The van der Waals surface area contributed by atoms with Gasteiger partial charge in [0.2, 0.25) is 5.91 Å². The van der Waals surface area contributed by atoms with Crippen LogP contribution in [0.2, 0.25) is 5.02 Å². The molecule has 1 aliphatic heterocycles. The maximum absolute atomic E-state index is 14.9. The predicted molar refractivity (Wildman–Crippen MR) is 192 cm³/mol. The van der Waals surface area contributed by atoms with Gasteiger partial charge in [-0.2, -0.15) is 0 Å². The minimum Gasteiger partial charge on any atom is -0.348 e. The molecule has 11 heteroatoms. The lowest BCUT2D eigenvalue weighted by Crippen LogP contribution is -2.64. The summed E-state index contributed by atoms with van der Waals surface area (Å²) in [5.74, 6) is -0.0637. The number of amides is 3. The molecular formula is C37H43BrClN7O2. The van der Waals surface area contributed by atoms with Crippen LogP contribution in [0.1, 0.15) is 66.9 Å². The second-order valence-corrected chi connectivity index (χ2v) is 15.1. The van der Waals surface area contributed by atoms with Gasteiger partial charge in [-0.25, -0.2) is 9.78 Å². The van der Waals surface area contributed by atoms with Gasteiger partial charge in [0.05, 0.1) is 18.1 Å². The van der Waals surface area contributed by atoms with Crippen molar-refractivity contribution in [3.05, 3.63) is 116 Å². The lowest BCUT2D eigenvalue weighted by Gasteiger charge is -2.45. The first-order valence-corrected chi connectivity index (χ1v) is 17.8. The second kappa shape index (κ2) is 14.8. The Morgan fingerprint density at radius 1 is 1.06 bits per heavy atom. The number of piperazine rings is 1. The van der Waals surface area contributed by atoms with Crippen LogP contribution in [-0.4, -0.2) is 79.3 Å². The number of fused-ring (bicyclic) bond motifs is 2. The Hall–Kier alpha value is -3.73. The number of hydrogen-bond donors (Lipinski definition) is 2. The van der Waals surface area contributed by atoms with Gasteiger partial charge in [0.1, 0.15) is 6.04 Å². The number of carbonyl (C=O) groups is 2. The van der Waals surface area contributed by atoms with Gasteiger partial charge in [-0.3, -0.25) is 14.7 Å². The van der Waals surface area contributed by atoms with E-state index in [2.05, 4.69) is 54.3 Å². The van der Waals surface area contributed by atoms with Crippen molar-refractivity contribution in [2.75, 3.05) is 26.2 Å². The highest BCUT2D eigenvalue weighted by molar-refractivity contribution is 9.10. The zero-order valence-electron chi connectivity index (χ0n) is 27.8. The van der Waals surface area contributed by atoms with Crippen molar-refractivity contribution in [1.82, 2.24) is 35.0 Å². The second-order valence-electron chi connectivity index (χ2n) is 13.8.